The highest BCUT2D eigenvalue weighted by atomic mass is 79.9. The summed E-state index contributed by atoms with van der Waals surface area (Å²) in [6, 6.07) is 9.89. The second-order valence-corrected chi connectivity index (χ2v) is 5.71. The third-order valence-electron chi connectivity index (χ3n) is 3.79. The lowest BCUT2D eigenvalue weighted by Crippen LogP contribution is -2.54. The molecule has 0 aliphatic carbocycles. The number of halogens is 1. The first kappa shape index (κ1) is 14.5. The van der Waals surface area contributed by atoms with Crippen LogP contribution in [0.25, 0.3) is 0 Å². The first-order chi connectivity index (χ1) is 9.17. The van der Waals surface area contributed by atoms with Gasteiger partial charge in [0, 0.05) is 18.5 Å². The molecule has 2 rings (SSSR count). The molecule has 1 aromatic rings. The van der Waals surface area contributed by atoms with Crippen LogP contribution in [0.4, 0.5) is 0 Å². The zero-order valence-electron chi connectivity index (χ0n) is 11.2. The van der Waals surface area contributed by atoms with Gasteiger partial charge in [0.2, 0.25) is 5.91 Å². The number of alkyl halides is 1. The molecule has 1 unspecified atom stereocenters. The normalized spacial score (nSPS) is 19.7. The Kier molecular flexibility index (Phi) is 4.99. The van der Waals surface area contributed by atoms with Gasteiger partial charge in [-0.2, -0.15) is 0 Å². The van der Waals surface area contributed by atoms with E-state index in [2.05, 4.69) is 21.2 Å². The lowest BCUT2D eigenvalue weighted by Gasteiger charge is -2.37. The molecule has 0 aromatic heterocycles. The van der Waals surface area contributed by atoms with Gasteiger partial charge in [-0.15, -0.1) is 0 Å². The summed E-state index contributed by atoms with van der Waals surface area (Å²) in [7, 11) is 0. The fourth-order valence-corrected chi connectivity index (χ4v) is 3.02. The molecule has 1 saturated heterocycles. The van der Waals surface area contributed by atoms with Gasteiger partial charge in [0.15, 0.2) is 0 Å². The molecule has 0 radical (unpaired) electrons. The van der Waals surface area contributed by atoms with Gasteiger partial charge in [0.05, 0.1) is 11.5 Å². The molecule has 0 bridgehead atoms. The standard InChI is InChI=1S/C15H20BrNO2/c1-12(13-5-3-2-4-6-13)14(18)17-15(11-16)7-9-19-10-8-15/h2-6,12H,7-11H2,1H3,(H,17,18). The van der Waals surface area contributed by atoms with E-state index in [0.717, 1.165) is 23.7 Å². The lowest BCUT2D eigenvalue weighted by molar-refractivity contribution is -0.125. The van der Waals surface area contributed by atoms with Gasteiger partial charge in [-0.3, -0.25) is 4.79 Å². The van der Waals surface area contributed by atoms with Gasteiger partial charge in [0.25, 0.3) is 0 Å². The Morgan fingerprint density at radius 2 is 2.00 bits per heavy atom. The van der Waals surface area contributed by atoms with E-state index >= 15 is 0 Å². The maximum Gasteiger partial charge on any atom is 0.227 e. The van der Waals surface area contributed by atoms with Crippen molar-refractivity contribution in [3.05, 3.63) is 35.9 Å². The van der Waals surface area contributed by atoms with E-state index in [-0.39, 0.29) is 17.4 Å². The van der Waals surface area contributed by atoms with Crippen LogP contribution in [-0.2, 0) is 9.53 Å². The Bertz CT molecular complexity index is 415. The molecule has 3 nitrogen and oxygen atoms in total. The van der Waals surface area contributed by atoms with Gasteiger partial charge < -0.3 is 10.1 Å². The number of nitrogens with one attached hydrogen (secondary N) is 1. The Balaban J connectivity index is 2.03. The van der Waals surface area contributed by atoms with Gasteiger partial charge in [0.1, 0.15) is 0 Å². The van der Waals surface area contributed by atoms with E-state index in [4.69, 9.17) is 4.74 Å². The van der Waals surface area contributed by atoms with Crippen molar-refractivity contribution in [3.8, 4) is 0 Å². The van der Waals surface area contributed by atoms with Crippen LogP contribution >= 0.6 is 15.9 Å². The van der Waals surface area contributed by atoms with Crippen molar-refractivity contribution in [2.75, 3.05) is 18.5 Å². The van der Waals surface area contributed by atoms with Crippen LogP contribution in [0, 0.1) is 0 Å². The predicted octanol–water partition coefficient (Wildman–Crippen LogP) is 2.85. The van der Waals surface area contributed by atoms with Crippen molar-refractivity contribution in [1.82, 2.24) is 5.32 Å². The summed E-state index contributed by atoms with van der Waals surface area (Å²) >= 11 is 3.53. The fraction of sp³-hybridized carbons (Fsp3) is 0.533. The molecule has 1 aromatic carbocycles. The summed E-state index contributed by atoms with van der Waals surface area (Å²) in [5, 5.41) is 3.99. The van der Waals surface area contributed by atoms with Crippen molar-refractivity contribution < 1.29 is 9.53 Å². The highest BCUT2D eigenvalue weighted by Gasteiger charge is 2.34. The molecule has 1 amide bonds. The summed E-state index contributed by atoms with van der Waals surface area (Å²) < 4.78 is 5.38. The van der Waals surface area contributed by atoms with Crippen molar-refractivity contribution >= 4 is 21.8 Å². The molecule has 19 heavy (non-hydrogen) atoms. The minimum absolute atomic E-state index is 0.0903. The quantitative estimate of drug-likeness (QED) is 0.864. The lowest BCUT2D eigenvalue weighted by atomic mass is 9.90. The third kappa shape index (κ3) is 3.57. The predicted molar refractivity (Wildman–Crippen MR) is 79.6 cm³/mol. The summed E-state index contributed by atoms with van der Waals surface area (Å²) in [6.07, 6.45) is 1.73. The molecule has 1 N–H and O–H groups in total. The van der Waals surface area contributed by atoms with Crippen LogP contribution in [0.1, 0.15) is 31.2 Å². The van der Waals surface area contributed by atoms with Gasteiger partial charge in [-0.1, -0.05) is 46.3 Å². The number of carbonyl (C=O) groups is 1. The summed E-state index contributed by atoms with van der Waals surface area (Å²) in [5.41, 5.74) is 0.898. The van der Waals surface area contributed by atoms with Crippen LogP contribution in [0.3, 0.4) is 0 Å². The van der Waals surface area contributed by atoms with Crippen LogP contribution in [-0.4, -0.2) is 30.0 Å². The zero-order chi connectivity index (χ0) is 13.7. The molecule has 4 heteroatoms. The average Bonchev–Trinajstić information content (AvgIpc) is 2.48. The SMILES string of the molecule is CC(C(=O)NC1(CBr)CCOCC1)c1ccccc1. The maximum atomic E-state index is 12.4. The largest absolute Gasteiger partial charge is 0.381 e. The molecule has 1 aliphatic heterocycles. The maximum absolute atomic E-state index is 12.4. The number of benzene rings is 1. The molecule has 1 atom stereocenters. The van der Waals surface area contributed by atoms with Crippen molar-refractivity contribution in [2.45, 2.75) is 31.2 Å². The van der Waals surface area contributed by atoms with Crippen molar-refractivity contribution in [3.63, 3.8) is 0 Å². The first-order valence-corrected chi connectivity index (χ1v) is 7.80. The number of hydrogen-bond donors (Lipinski definition) is 1. The number of amides is 1. The Morgan fingerprint density at radius 1 is 1.37 bits per heavy atom. The van der Waals surface area contributed by atoms with Gasteiger partial charge in [-0.05, 0) is 25.3 Å². The van der Waals surface area contributed by atoms with Crippen LogP contribution in [0.15, 0.2) is 30.3 Å². The molecule has 0 saturated carbocycles. The first-order valence-electron chi connectivity index (χ1n) is 6.67. The van der Waals surface area contributed by atoms with Crippen LogP contribution in [0.2, 0.25) is 0 Å². The molecular formula is C15H20BrNO2. The van der Waals surface area contributed by atoms with E-state index < -0.39 is 0 Å². The number of hydrogen-bond acceptors (Lipinski definition) is 2. The van der Waals surface area contributed by atoms with Crippen LogP contribution in [0.5, 0.6) is 0 Å². The Hall–Kier alpha value is -0.870. The number of rotatable bonds is 4. The third-order valence-corrected chi connectivity index (χ3v) is 4.86. The van der Waals surface area contributed by atoms with Crippen molar-refractivity contribution in [2.24, 2.45) is 0 Å². The summed E-state index contributed by atoms with van der Waals surface area (Å²) in [5.74, 6) is -0.0347. The molecule has 104 valence electrons. The van der Waals surface area contributed by atoms with E-state index in [9.17, 15) is 4.79 Å². The van der Waals surface area contributed by atoms with E-state index in [1.807, 2.05) is 37.3 Å². The molecule has 1 aliphatic rings. The second-order valence-electron chi connectivity index (χ2n) is 5.15. The molecular weight excluding hydrogens is 306 g/mol. The minimum Gasteiger partial charge on any atom is -0.381 e. The Morgan fingerprint density at radius 3 is 2.58 bits per heavy atom. The van der Waals surface area contributed by atoms with Gasteiger partial charge >= 0.3 is 0 Å². The average molecular weight is 326 g/mol. The summed E-state index contributed by atoms with van der Waals surface area (Å²) in [6.45, 7) is 3.38. The Labute approximate surface area is 122 Å². The minimum atomic E-state index is -0.154. The zero-order valence-corrected chi connectivity index (χ0v) is 12.8. The number of carbonyl (C=O) groups excluding carboxylic acids is 1. The molecule has 1 heterocycles. The second kappa shape index (κ2) is 6.53. The van der Waals surface area contributed by atoms with E-state index in [1.54, 1.807) is 0 Å². The summed E-state index contributed by atoms with van der Waals surface area (Å²) in [4.78, 5) is 12.4. The van der Waals surface area contributed by atoms with E-state index in [1.165, 1.54) is 0 Å². The van der Waals surface area contributed by atoms with E-state index in [0.29, 0.717) is 13.2 Å². The monoisotopic (exact) mass is 325 g/mol. The highest BCUT2D eigenvalue weighted by molar-refractivity contribution is 9.09. The topological polar surface area (TPSA) is 38.3 Å². The smallest absolute Gasteiger partial charge is 0.227 e. The molecule has 0 spiro atoms. The fourth-order valence-electron chi connectivity index (χ4n) is 2.32. The number of ether oxygens (including phenoxy) is 1. The van der Waals surface area contributed by atoms with Crippen molar-refractivity contribution in [1.29, 1.82) is 0 Å². The highest BCUT2D eigenvalue weighted by Crippen LogP contribution is 2.25. The molecule has 1 fully saturated rings. The van der Waals surface area contributed by atoms with Crippen LogP contribution < -0.4 is 5.32 Å². The van der Waals surface area contributed by atoms with Gasteiger partial charge in [-0.25, -0.2) is 0 Å².